The highest BCUT2D eigenvalue weighted by Gasteiger charge is 2.32. The molecule has 1 fully saturated rings. The molecule has 1 aliphatic heterocycles. The van der Waals surface area contributed by atoms with Gasteiger partial charge in [-0.3, -0.25) is 9.59 Å². The summed E-state index contributed by atoms with van der Waals surface area (Å²) in [7, 11) is 4.90. The molecule has 24 heavy (non-hydrogen) atoms. The predicted octanol–water partition coefficient (Wildman–Crippen LogP) is 0.741. The summed E-state index contributed by atoms with van der Waals surface area (Å²) in [5.74, 6) is -0.185. The molecular weight excluding hydrogens is 310 g/mol. The van der Waals surface area contributed by atoms with Gasteiger partial charge in [-0.05, 0) is 18.9 Å². The number of rotatable bonds is 4. The number of hydrogen-bond acceptors (Lipinski definition) is 5. The van der Waals surface area contributed by atoms with Crippen molar-refractivity contribution in [2.45, 2.75) is 18.9 Å². The second kappa shape index (κ2) is 6.56. The van der Waals surface area contributed by atoms with Gasteiger partial charge in [0.15, 0.2) is 5.65 Å². The quantitative estimate of drug-likeness (QED) is 0.825. The van der Waals surface area contributed by atoms with Crippen molar-refractivity contribution in [1.29, 1.82) is 0 Å². The Hall–Kier alpha value is -2.48. The first-order valence-corrected chi connectivity index (χ1v) is 7.87. The lowest BCUT2D eigenvalue weighted by molar-refractivity contribution is -0.136. The van der Waals surface area contributed by atoms with Gasteiger partial charge in [-0.2, -0.15) is 5.10 Å². The van der Waals surface area contributed by atoms with E-state index in [1.165, 1.54) is 18.2 Å². The van der Waals surface area contributed by atoms with Crippen molar-refractivity contribution in [1.82, 2.24) is 24.4 Å². The highest BCUT2D eigenvalue weighted by atomic mass is 16.5. The molecule has 8 nitrogen and oxygen atoms in total. The first kappa shape index (κ1) is 16.4. The molecule has 8 heteroatoms. The van der Waals surface area contributed by atoms with E-state index in [2.05, 4.69) is 10.1 Å². The first-order chi connectivity index (χ1) is 11.5. The van der Waals surface area contributed by atoms with Gasteiger partial charge in [0.05, 0.1) is 17.9 Å². The number of hydrogen-bond donors (Lipinski definition) is 0. The Kier molecular flexibility index (Phi) is 4.48. The van der Waals surface area contributed by atoms with E-state index in [0.29, 0.717) is 17.8 Å². The normalized spacial score (nSPS) is 17.5. The lowest BCUT2D eigenvalue weighted by Crippen LogP contribution is -2.34. The number of likely N-dealkylation sites (tertiary alicyclic amines) is 1. The average molecular weight is 331 g/mol. The first-order valence-electron chi connectivity index (χ1n) is 7.87. The van der Waals surface area contributed by atoms with E-state index in [1.54, 1.807) is 24.8 Å². The Morgan fingerprint density at radius 1 is 1.42 bits per heavy atom. The van der Waals surface area contributed by atoms with Gasteiger partial charge in [-0.1, -0.05) is 0 Å². The molecule has 2 aromatic heterocycles. The van der Waals surface area contributed by atoms with Crippen LogP contribution in [0.15, 0.2) is 18.5 Å². The molecule has 0 unspecified atom stereocenters. The van der Waals surface area contributed by atoms with Crippen molar-refractivity contribution in [3.63, 3.8) is 0 Å². The second-order valence-electron chi connectivity index (χ2n) is 6.04. The summed E-state index contributed by atoms with van der Waals surface area (Å²) in [5.41, 5.74) is 1.83. The Balaban J connectivity index is 2.01. The number of nitrogens with zero attached hydrogens (tertiary/aromatic N) is 5. The Morgan fingerprint density at radius 3 is 2.92 bits per heavy atom. The van der Waals surface area contributed by atoms with Gasteiger partial charge in [-0.15, -0.1) is 0 Å². The van der Waals surface area contributed by atoms with Crippen LogP contribution < -0.4 is 0 Å². The van der Waals surface area contributed by atoms with E-state index in [1.807, 2.05) is 11.0 Å². The van der Waals surface area contributed by atoms with Crippen LogP contribution in [0.3, 0.4) is 0 Å². The van der Waals surface area contributed by atoms with Crippen LogP contribution >= 0.6 is 0 Å². The Morgan fingerprint density at radius 2 is 2.21 bits per heavy atom. The average Bonchev–Trinajstić information content (AvgIpc) is 3.21. The minimum atomic E-state index is -0.145. The van der Waals surface area contributed by atoms with Crippen LogP contribution in [0.2, 0.25) is 0 Å². The highest BCUT2D eigenvalue weighted by Crippen LogP contribution is 2.32. The SMILES string of the molecule is COCC(=O)N1CCC[C@H]1c1ccnc2c(C(=O)N(C)C)cnn12. The van der Waals surface area contributed by atoms with E-state index < -0.39 is 0 Å². The molecule has 0 spiro atoms. The number of amides is 2. The molecule has 3 heterocycles. The number of ether oxygens (including phenoxy) is 1. The Bertz CT molecular complexity index is 770. The number of methoxy groups -OCH3 is 1. The standard InChI is InChI=1S/C16H21N5O3/c1-19(2)16(23)11-9-18-21-13(6-7-17-15(11)21)12-5-4-8-20(12)14(22)10-24-3/h6-7,9,12H,4-5,8,10H2,1-3H3/t12-/m0/s1. The molecule has 1 aliphatic rings. The minimum Gasteiger partial charge on any atom is -0.375 e. The van der Waals surface area contributed by atoms with E-state index in [9.17, 15) is 9.59 Å². The summed E-state index contributed by atoms with van der Waals surface area (Å²) in [4.78, 5) is 32.1. The number of carbonyl (C=O) groups excluding carboxylic acids is 2. The summed E-state index contributed by atoms with van der Waals surface area (Å²) in [6, 6.07) is 1.77. The smallest absolute Gasteiger partial charge is 0.258 e. The summed E-state index contributed by atoms with van der Waals surface area (Å²) < 4.78 is 6.64. The van der Waals surface area contributed by atoms with Gasteiger partial charge in [0.1, 0.15) is 12.2 Å². The molecule has 0 N–H and O–H groups in total. The van der Waals surface area contributed by atoms with Crippen molar-refractivity contribution in [2.75, 3.05) is 34.4 Å². The van der Waals surface area contributed by atoms with Crippen molar-refractivity contribution >= 4 is 17.5 Å². The fraction of sp³-hybridized carbons (Fsp3) is 0.500. The molecule has 0 aliphatic carbocycles. The van der Waals surface area contributed by atoms with Crippen LogP contribution in [0, 0.1) is 0 Å². The molecule has 2 amide bonds. The van der Waals surface area contributed by atoms with Gasteiger partial charge in [0, 0.05) is 33.9 Å². The highest BCUT2D eigenvalue weighted by molar-refractivity contribution is 5.99. The number of aromatic nitrogens is 3. The van der Waals surface area contributed by atoms with E-state index >= 15 is 0 Å². The summed E-state index contributed by atoms with van der Waals surface area (Å²) in [5, 5.41) is 4.34. The van der Waals surface area contributed by atoms with E-state index in [-0.39, 0.29) is 24.5 Å². The van der Waals surface area contributed by atoms with Crippen molar-refractivity contribution in [2.24, 2.45) is 0 Å². The Labute approximate surface area is 140 Å². The molecule has 0 bridgehead atoms. The molecule has 0 aromatic carbocycles. The minimum absolute atomic E-state index is 0.0401. The van der Waals surface area contributed by atoms with Crippen LogP contribution in [-0.2, 0) is 9.53 Å². The van der Waals surface area contributed by atoms with Crippen LogP contribution in [0.1, 0.15) is 34.9 Å². The monoisotopic (exact) mass is 331 g/mol. The predicted molar refractivity (Wildman–Crippen MR) is 86.6 cm³/mol. The van der Waals surface area contributed by atoms with Crippen LogP contribution in [0.5, 0.6) is 0 Å². The second-order valence-corrected chi connectivity index (χ2v) is 6.04. The van der Waals surface area contributed by atoms with Gasteiger partial charge < -0.3 is 14.5 Å². The lowest BCUT2D eigenvalue weighted by atomic mass is 10.1. The molecule has 2 aromatic rings. The van der Waals surface area contributed by atoms with Gasteiger partial charge in [0.2, 0.25) is 5.91 Å². The van der Waals surface area contributed by atoms with Crippen LogP contribution in [0.25, 0.3) is 5.65 Å². The lowest BCUT2D eigenvalue weighted by Gasteiger charge is -2.25. The van der Waals surface area contributed by atoms with Crippen LogP contribution in [-0.4, -0.2) is 70.6 Å². The van der Waals surface area contributed by atoms with Crippen molar-refractivity contribution < 1.29 is 14.3 Å². The molecule has 1 atom stereocenters. The molecule has 3 rings (SSSR count). The van der Waals surface area contributed by atoms with Gasteiger partial charge in [-0.25, -0.2) is 9.50 Å². The third-order valence-electron chi connectivity index (χ3n) is 4.25. The zero-order valence-electron chi connectivity index (χ0n) is 14.1. The van der Waals surface area contributed by atoms with Crippen LogP contribution in [0.4, 0.5) is 0 Å². The summed E-state index contributed by atoms with van der Waals surface area (Å²) in [6.45, 7) is 0.760. The maximum absolute atomic E-state index is 12.3. The molecule has 128 valence electrons. The molecule has 0 radical (unpaired) electrons. The zero-order chi connectivity index (χ0) is 17.3. The van der Waals surface area contributed by atoms with Gasteiger partial charge >= 0.3 is 0 Å². The number of carbonyl (C=O) groups is 2. The fourth-order valence-electron chi connectivity index (χ4n) is 3.13. The summed E-state index contributed by atoms with van der Waals surface area (Å²) >= 11 is 0. The van der Waals surface area contributed by atoms with E-state index in [4.69, 9.17) is 4.74 Å². The third kappa shape index (κ3) is 2.73. The molecular formula is C16H21N5O3. The maximum atomic E-state index is 12.3. The number of fused-ring (bicyclic) bond motifs is 1. The largest absolute Gasteiger partial charge is 0.375 e. The zero-order valence-corrected chi connectivity index (χ0v) is 14.1. The van der Waals surface area contributed by atoms with Gasteiger partial charge in [0.25, 0.3) is 5.91 Å². The van der Waals surface area contributed by atoms with E-state index in [0.717, 1.165) is 18.5 Å². The third-order valence-corrected chi connectivity index (χ3v) is 4.25. The maximum Gasteiger partial charge on any atom is 0.258 e. The summed E-state index contributed by atoms with van der Waals surface area (Å²) in [6.07, 6.45) is 4.97. The fourth-order valence-corrected chi connectivity index (χ4v) is 3.13. The molecule has 1 saturated heterocycles. The molecule has 0 saturated carbocycles. The van der Waals surface area contributed by atoms with Crippen molar-refractivity contribution in [3.8, 4) is 0 Å². The topological polar surface area (TPSA) is 80.0 Å². The van der Waals surface area contributed by atoms with Crippen molar-refractivity contribution in [3.05, 3.63) is 29.7 Å².